The smallest absolute Gasteiger partial charge is 0.237 e. The highest BCUT2D eigenvalue weighted by atomic mass is 16.5. The van der Waals surface area contributed by atoms with Crippen molar-refractivity contribution in [3.63, 3.8) is 0 Å². The molecular weight excluding hydrogens is 240 g/mol. The Bertz CT molecular complexity index is 455. The molecule has 1 aromatic carbocycles. The van der Waals surface area contributed by atoms with Gasteiger partial charge in [-0.2, -0.15) is 0 Å². The van der Waals surface area contributed by atoms with Crippen molar-refractivity contribution in [1.29, 1.82) is 0 Å². The predicted octanol–water partition coefficient (Wildman–Crippen LogP) is 1.25. The number of benzene rings is 1. The SMILES string of the molecule is O=C(NC[C@H]1CCc2ccccc2O1)[C@H]1CCCN1. The molecule has 0 radical (unpaired) electrons. The van der Waals surface area contributed by atoms with Gasteiger partial charge in [-0.05, 0) is 43.9 Å². The Morgan fingerprint density at radius 2 is 2.26 bits per heavy atom. The number of aryl methyl sites for hydroxylation is 1. The fourth-order valence-corrected chi connectivity index (χ4v) is 2.77. The molecule has 2 heterocycles. The summed E-state index contributed by atoms with van der Waals surface area (Å²) in [5.74, 6) is 1.08. The molecule has 102 valence electrons. The molecule has 4 heteroatoms. The van der Waals surface area contributed by atoms with E-state index in [2.05, 4.69) is 16.7 Å². The second-order valence-electron chi connectivity index (χ2n) is 5.28. The summed E-state index contributed by atoms with van der Waals surface area (Å²) in [4.78, 5) is 11.9. The van der Waals surface area contributed by atoms with E-state index in [-0.39, 0.29) is 18.1 Å². The zero-order chi connectivity index (χ0) is 13.1. The zero-order valence-electron chi connectivity index (χ0n) is 11.0. The van der Waals surface area contributed by atoms with E-state index < -0.39 is 0 Å². The molecule has 19 heavy (non-hydrogen) atoms. The number of rotatable bonds is 3. The van der Waals surface area contributed by atoms with Gasteiger partial charge in [0.2, 0.25) is 5.91 Å². The number of nitrogens with one attached hydrogen (secondary N) is 2. The molecule has 2 aliphatic rings. The number of carbonyl (C=O) groups is 1. The lowest BCUT2D eigenvalue weighted by atomic mass is 10.0. The maximum absolute atomic E-state index is 11.9. The molecule has 2 N–H and O–H groups in total. The van der Waals surface area contributed by atoms with Gasteiger partial charge in [0, 0.05) is 0 Å². The molecule has 1 amide bonds. The standard InChI is InChI=1S/C15H20N2O2/c18-15(13-5-3-9-16-13)17-10-12-8-7-11-4-1-2-6-14(11)19-12/h1-2,4,6,12-13,16H,3,5,7-10H2,(H,17,18)/t12-,13-/m1/s1. The van der Waals surface area contributed by atoms with Crippen molar-refractivity contribution in [2.75, 3.05) is 13.1 Å². The van der Waals surface area contributed by atoms with Gasteiger partial charge in [-0.15, -0.1) is 0 Å². The van der Waals surface area contributed by atoms with Gasteiger partial charge in [-0.1, -0.05) is 18.2 Å². The van der Waals surface area contributed by atoms with E-state index in [1.807, 2.05) is 18.2 Å². The summed E-state index contributed by atoms with van der Waals surface area (Å²) in [6, 6.07) is 8.13. The van der Waals surface area contributed by atoms with E-state index in [1.54, 1.807) is 0 Å². The summed E-state index contributed by atoms with van der Waals surface area (Å²) in [5, 5.41) is 6.21. The summed E-state index contributed by atoms with van der Waals surface area (Å²) in [5.41, 5.74) is 1.27. The summed E-state index contributed by atoms with van der Waals surface area (Å²) >= 11 is 0. The van der Waals surface area contributed by atoms with Crippen molar-refractivity contribution in [3.05, 3.63) is 29.8 Å². The lowest BCUT2D eigenvalue weighted by molar-refractivity contribution is -0.123. The maximum Gasteiger partial charge on any atom is 0.237 e. The maximum atomic E-state index is 11.9. The largest absolute Gasteiger partial charge is 0.488 e. The highest BCUT2D eigenvalue weighted by molar-refractivity contribution is 5.82. The molecule has 4 nitrogen and oxygen atoms in total. The fraction of sp³-hybridized carbons (Fsp3) is 0.533. The first-order chi connectivity index (χ1) is 9.33. The fourth-order valence-electron chi connectivity index (χ4n) is 2.77. The van der Waals surface area contributed by atoms with Gasteiger partial charge in [0.15, 0.2) is 0 Å². The highest BCUT2D eigenvalue weighted by Crippen LogP contribution is 2.26. The number of para-hydroxylation sites is 1. The van der Waals surface area contributed by atoms with Crippen molar-refractivity contribution in [2.45, 2.75) is 37.8 Å². The summed E-state index contributed by atoms with van der Waals surface area (Å²) in [6.45, 7) is 1.55. The number of ether oxygens (including phenoxy) is 1. The van der Waals surface area contributed by atoms with Crippen LogP contribution < -0.4 is 15.4 Å². The highest BCUT2D eigenvalue weighted by Gasteiger charge is 2.24. The minimum atomic E-state index is -0.00382. The van der Waals surface area contributed by atoms with Crippen LogP contribution in [0, 0.1) is 0 Å². The second-order valence-corrected chi connectivity index (χ2v) is 5.28. The average molecular weight is 260 g/mol. The Hall–Kier alpha value is -1.55. The lowest BCUT2D eigenvalue weighted by Gasteiger charge is -2.26. The molecule has 2 aliphatic heterocycles. The molecule has 1 saturated heterocycles. The number of fused-ring (bicyclic) bond motifs is 1. The van der Waals surface area contributed by atoms with E-state index in [9.17, 15) is 4.79 Å². The Labute approximate surface area is 113 Å². The van der Waals surface area contributed by atoms with Crippen LogP contribution in [0.25, 0.3) is 0 Å². The monoisotopic (exact) mass is 260 g/mol. The molecule has 1 fully saturated rings. The van der Waals surface area contributed by atoms with Gasteiger partial charge in [0.05, 0.1) is 12.6 Å². The Morgan fingerprint density at radius 3 is 3.11 bits per heavy atom. The van der Waals surface area contributed by atoms with E-state index >= 15 is 0 Å². The van der Waals surface area contributed by atoms with Gasteiger partial charge in [-0.3, -0.25) is 4.79 Å². The quantitative estimate of drug-likeness (QED) is 0.860. The molecule has 0 saturated carbocycles. The third kappa shape index (κ3) is 2.89. The van der Waals surface area contributed by atoms with Crippen molar-refractivity contribution in [2.24, 2.45) is 0 Å². The molecule has 0 spiro atoms. The molecule has 3 rings (SSSR count). The van der Waals surface area contributed by atoms with Gasteiger partial charge in [0.1, 0.15) is 11.9 Å². The zero-order valence-corrected chi connectivity index (χ0v) is 11.0. The number of hydrogen-bond donors (Lipinski definition) is 2. The topological polar surface area (TPSA) is 50.4 Å². The minimum Gasteiger partial charge on any atom is -0.488 e. The van der Waals surface area contributed by atoms with Gasteiger partial charge < -0.3 is 15.4 Å². The summed E-state index contributed by atoms with van der Waals surface area (Å²) in [7, 11) is 0. The van der Waals surface area contributed by atoms with Crippen LogP contribution in [-0.4, -0.2) is 31.1 Å². The van der Waals surface area contributed by atoms with Crippen LogP contribution in [0.15, 0.2) is 24.3 Å². The molecule has 2 atom stereocenters. The molecule has 0 unspecified atom stereocenters. The lowest BCUT2D eigenvalue weighted by Crippen LogP contribution is -2.44. The summed E-state index contributed by atoms with van der Waals surface area (Å²) < 4.78 is 5.91. The van der Waals surface area contributed by atoms with Crippen LogP contribution in [0.5, 0.6) is 5.75 Å². The third-order valence-electron chi connectivity index (χ3n) is 3.88. The Kier molecular flexibility index (Phi) is 3.69. The molecule has 0 aromatic heterocycles. The van der Waals surface area contributed by atoms with Gasteiger partial charge in [0.25, 0.3) is 0 Å². The van der Waals surface area contributed by atoms with Crippen molar-refractivity contribution in [3.8, 4) is 5.75 Å². The predicted molar refractivity (Wildman–Crippen MR) is 73.2 cm³/mol. The molecule has 0 bridgehead atoms. The number of amides is 1. The second kappa shape index (κ2) is 5.61. The van der Waals surface area contributed by atoms with Crippen molar-refractivity contribution in [1.82, 2.24) is 10.6 Å². The summed E-state index contributed by atoms with van der Waals surface area (Å²) in [6.07, 6.45) is 4.12. The number of hydrogen-bond acceptors (Lipinski definition) is 3. The normalized spacial score (nSPS) is 25.5. The molecule has 1 aromatic rings. The van der Waals surface area contributed by atoms with Crippen molar-refractivity contribution >= 4 is 5.91 Å². The van der Waals surface area contributed by atoms with Crippen molar-refractivity contribution < 1.29 is 9.53 Å². The minimum absolute atomic E-state index is 0.00382. The van der Waals surface area contributed by atoms with E-state index in [0.717, 1.165) is 38.0 Å². The first-order valence-electron chi connectivity index (χ1n) is 7.08. The van der Waals surface area contributed by atoms with Gasteiger partial charge in [-0.25, -0.2) is 0 Å². The molecule has 0 aliphatic carbocycles. The van der Waals surface area contributed by atoms with Crippen LogP contribution in [0.3, 0.4) is 0 Å². The van der Waals surface area contributed by atoms with E-state index in [0.29, 0.717) is 6.54 Å². The Morgan fingerprint density at radius 1 is 1.37 bits per heavy atom. The van der Waals surface area contributed by atoms with Gasteiger partial charge >= 0.3 is 0 Å². The van der Waals surface area contributed by atoms with Crippen LogP contribution in [-0.2, 0) is 11.2 Å². The average Bonchev–Trinajstić information content (AvgIpc) is 2.99. The van der Waals surface area contributed by atoms with E-state index in [4.69, 9.17) is 4.74 Å². The Balaban J connectivity index is 1.50. The van der Waals surface area contributed by atoms with Crippen LogP contribution in [0.1, 0.15) is 24.8 Å². The third-order valence-corrected chi connectivity index (χ3v) is 3.88. The van der Waals surface area contributed by atoms with Crippen LogP contribution >= 0.6 is 0 Å². The number of carbonyl (C=O) groups excluding carboxylic acids is 1. The van der Waals surface area contributed by atoms with Crippen LogP contribution in [0.4, 0.5) is 0 Å². The first-order valence-corrected chi connectivity index (χ1v) is 7.08. The van der Waals surface area contributed by atoms with E-state index in [1.165, 1.54) is 5.56 Å². The molecular formula is C15H20N2O2. The first kappa shape index (κ1) is 12.5. The van der Waals surface area contributed by atoms with Crippen LogP contribution in [0.2, 0.25) is 0 Å².